The first-order valence-corrected chi connectivity index (χ1v) is 7.36. The van der Waals surface area contributed by atoms with Gasteiger partial charge < -0.3 is 15.2 Å². The van der Waals surface area contributed by atoms with Crippen molar-refractivity contribution in [3.05, 3.63) is 52.8 Å². The lowest BCUT2D eigenvalue weighted by molar-refractivity contribution is 0.257. The molecule has 0 aliphatic rings. The minimum absolute atomic E-state index is 0.225. The van der Waals surface area contributed by atoms with Crippen molar-refractivity contribution in [1.82, 2.24) is 9.66 Å². The van der Waals surface area contributed by atoms with E-state index in [-0.39, 0.29) is 5.82 Å². The molecule has 8 nitrogen and oxygen atoms in total. The number of urea groups is 1. The van der Waals surface area contributed by atoms with Crippen molar-refractivity contribution >= 4 is 16.9 Å². The number of rotatable bonds is 4. The van der Waals surface area contributed by atoms with Crippen LogP contribution in [0.25, 0.3) is 22.3 Å². The van der Waals surface area contributed by atoms with E-state index in [2.05, 4.69) is 10.4 Å². The molecule has 1 heterocycles. The Kier molecular flexibility index (Phi) is 4.25. The van der Waals surface area contributed by atoms with Crippen LogP contribution in [0.4, 0.5) is 4.79 Å². The zero-order valence-corrected chi connectivity index (χ0v) is 13.6. The van der Waals surface area contributed by atoms with E-state index in [1.54, 1.807) is 42.5 Å². The molecule has 0 atom stereocenters. The summed E-state index contributed by atoms with van der Waals surface area (Å²) in [7, 11) is 3.03. The molecule has 0 saturated heterocycles. The maximum atomic E-state index is 12.7. The van der Waals surface area contributed by atoms with Crippen LogP contribution in [0, 0.1) is 0 Å². The van der Waals surface area contributed by atoms with Crippen molar-refractivity contribution in [2.75, 3.05) is 19.6 Å². The quantitative estimate of drug-likeness (QED) is 0.751. The number of nitrogens with one attached hydrogen (secondary N) is 1. The summed E-state index contributed by atoms with van der Waals surface area (Å²) in [6.45, 7) is 0. The first kappa shape index (κ1) is 16.3. The molecule has 3 rings (SSSR count). The van der Waals surface area contributed by atoms with Crippen LogP contribution in [0.5, 0.6) is 11.5 Å². The number of amides is 2. The first-order valence-electron chi connectivity index (χ1n) is 7.36. The fourth-order valence-corrected chi connectivity index (χ4v) is 2.52. The third-order valence-electron chi connectivity index (χ3n) is 3.64. The second kappa shape index (κ2) is 6.52. The van der Waals surface area contributed by atoms with Gasteiger partial charge in [-0.25, -0.2) is 15.2 Å². The van der Waals surface area contributed by atoms with E-state index in [0.717, 1.165) is 4.68 Å². The number of methoxy groups -OCH3 is 2. The van der Waals surface area contributed by atoms with Gasteiger partial charge >= 0.3 is 6.03 Å². The highest BCUT2D eigenvalue weighted by atomic mass is 16.5. The van der Waals surface area contributed by atoms with Gasteiger partial charge in [-0.05, 0) is 30.3 Å². The van der Waals surface area contributed by atoms with Crippen LogP contribution >= 0.6 is 0 Å². The lowest BCUT2D eigenvalue weighted by Crippen LogP contribution is -2.37. The second-order valence-electron chi connectivity index (χ2n) is 5.14. The van der Waals surface area contributed by atoms with E-state index in [1.807, 2.05) is 0 Å². The molecule has 3 N–H and O–H groups in total. The Morgan fingerprint density at radius 1 is 1.12 bits per heavy atom. The topological polar surface area (TPSA) is 108 Å². The smallest absolute Gasteiger partial charge is 0.331 e. The van der Waals surface area contributed by atoms with Crippen LogP contribution in [-0.2, 0) is 0 Å². The predicted molar refractivity (Wildman–Crippen MR) is 93.5 cm³/mol. The summed E-state index contributed by atoms with van der Waals surface area (Å²) >= 11 is 0. The molecule has 0 bridgehead atoms. The van der Waals surface area contributed by atoms with Crippen LogP contribution in [0.1, 0.15) is 0 Å². The molecular formula is C17H16N4O4. The van der Waals surface area contributed by atoms with Crippen LogP contribution in [0.2, 0.25) is 0 Å². The molecule has 2 amide bonds. The van der Waals surface area contributed by atoms with Gasteiger partial charge in [0.2, 0.25) is 0 Å². The van der Waals surface area contributed by atoms with Crippen molar-refractivity contribution in [1.29, 1.82) is 0 Å². The summed E-state index contributed by atoms with van der Waals surface area (Å²) in [6, 6.07) is 11.0. The van der Waals surface area contributed by atoms with Gasteiger partial charge in [-0.15, -0.1) is 0 Å². The monoisotopic (exact) mass is 340 g/mol. The predicted octanol–water partition coefficient (Wildman–Crippen LogP) is 1.70. The Labute approximate surface area is 142 Å². The van der Waals surface area contributed by atoms with E-state index in [4.69, 9.17) is 15.2 Å². The van der Waals surface area contributed by atoms with Crippen molar-refractivity contribution < 1.29 is 14.3 Å². The third-order valence-corrected chi connectivity index (χ3v) is 3.64. The Balaban J connectivity index is 2.30. The second-order valence-corrected chi connectivity index (χ2v) is 5.14. The molecule has 3 aromatic rings. The van der Waals surface area contributed by atoms with Crippen molar-refractivity contribution in [2.45, 2.75) is 0 Å². The molecule has 8 heteroatoms. The number of benzene rings is 2. The van der Waals surface area contributed by atoms with Gasteiger partial charge in [-0.2, -0.15) is 4.68 Å². The summed E-state index contributed by atoms with van der Waals surface area (Å²) in [6.07, 6.45) is 0. The fraction of sp³-hybridized carbons (Fsp3) is 0.118. The number of fused-ring (bicyclic) bond motifs is 1. The molecule has 0 aliphatic heterocycles. The van der Waals surface area contributed by atoms with Gasteiger partial charge in [0.15, 0.2) is 17.3 Å². The van der Waals surface area contributed by atoms with Gasteiger partial charge in [0.25, 0.3) is 5.56 Å². The largest absolute Gasteiger partial charge is 0.493 e. The van der Waals surface area contributed by atoms with Crippen LogP contribution in [0.15, 0.2) is 47.3 Å². The number of para-hydroxylation sites is 1. The molecule has 1 aromatic heterocycles. The van der Waals surface area contributed by atoms with E-state index in [9.17, 15) is 9.59 Å². The minimum Gasteiger partial charge on any atom is -0.493 e. The number of hydrogen-bond donors (Lipinski definition) is 2. The van der Waals surface area contributed by atoms with E-state index in [0.29, 0.717) is 28.0 Å². The molecule has 0 unspecified atom stereocenters. The highest BCUT2D eigenvalue weighted by Crippen LogP contribution is 2.31. The van der Waals surface area contributed by atoms with Crippen LogP contribution in [0.3, 0.4) is 0 Å². The van der Waals surface area contributed by atoms with Gasteiger partial charge in [0.1, 0.15) is 0 Å². The summed E-state index contributed by atoms with van der Waals surface area (Å²) < 4.78 is 11.5. The Hall–Kier alpha value is -3.55. The van der Waals surface area contributed by atoms with E-state index in [1.165, 1.54) is 14.2 Å². The molecule has 128 valence electrons. The SMILES string of the molecule is COc1ccc(-c2nc3ccccc3c(=O)n2NC(N)=O)cc1OC. The number of carbonyl (C=O) groups is 1. The zero-order valence-electron chi connectivity index (χ0n) is 13.6. The highest BCUT2D eigenvalue weighted by molar-refractivity contribution is 5.84. The minimum atomic E-state index is -0.874. The summed E-state index contributed by atoms with van der Waals surface area (Å²) in [4.78, 5) is 28.6. The molecular weight excluding hydrogens is 324 g/mol. The summed E-state index contributed by atoms with van der Waals surface area (Å²) in [5, 5.41) is 0.362. The molecule has 2 aromatic carbocycles. The van der Waals surface area contributed by atoms with Gasteiger partial charge in [0.05, 0.1) is 25.1 Å². The van der Waals surface area contributed by atoms with Crippen LogP contribution in [-0.4, -0.2) is 29.9 Å². The number of nitrogens with zero attached hydrogens (tertiary/aromatic N) is 2. The third kappa shape index (κ3) is 2.97. The molecule has 0 fully saturated rings. The van der Waals surface area contributed by atoms with Crippen molar-refractivity contribution in [3.8, 4) is 22.9 Å². The maximum absolute atomic E-state index is 12.7. The number of primary amides is 1. The molecule has 0 radical (unpaired) electrons. The maximum Gasteiger partial charge on any atom is 0.331 e. The van der Waals surface area contributed by atoms with Crippen molar-refractivity contribution in [3.63, 3.8) is 0 Å². The first-order chi connectivity index (χ1) is 12.0. The lowest BCUT2D eigenvalue weighted by atomic mass is 10.1. The Morgan fingerprint density at radius 2 is 1.84 bits per heavy atom. The average molecular weight is 340 g/mol. The Bertz CT molecular complexity index is 1010. The van der Waals surface area contributed by atoms with Crippen molar-refractivity contribution in [2.24, 2.45) is 5.73 Å². The highest BCUT2D eigenvalue weighted by Gasteiger charge is 2.16. The lowest BCUT2D eigenvalue weighted by Gasteiger charge is -2.15. The number of aromatic nitrogens is 2. The molecule has 0 saturated carbocycles. The molecule has 0 spiro atoms. The number of carbonyl (C=O) groups excluding carboxylic acids is 1. The van der Waals surface area contributed by atoms with Crippen LogP contribution < -0.4 is 26.2 Å². The Morgan fingerprint density at radius 3 is 2.52 bits per heavy atom. The van der Waals surface area contributed by atoms with E-state index >= 15 is 0 Å². The number of hydrogen-bond acceptors (Lipinski definition) is 5. The number of nitrogens with two attached hydrogens (primary N) is 1. The van der Waals surface area contributed by atoms with Gasteiger partial charge in [-0.1, -0.05) is 12.1 Å². The standard InChI is InChI=1S/C17H16N4O4/c1-24-13-8-7-10(9-14(13)25-2)15-19-12-6-4-3-5-11(12)16(22)21(15)20-17(18)23/h3-9H,1-2H3,(H3,18,20,23). The molecule has 0 aliphatic carbocycles. The number of ether oxygens (including phenoxy) is 2. The normalized spacial score (nSPS) is 10.5. The summed E-state index contributed by atoms with van der Waals surface area (Å²) in [5.74, 6) is 1.22. The summed E-state index contributed by atoms with van der Waals surface area (Å²) in [5.41, 5.74) is 8.12. The molecule has 25 heavy (non-hydrogen) atoms. The van der Waals surface area contributed by atoms with Gasteiger partial charge in [0, 0.05) is 5.56 Å². The average Bonchev–Trinajstić information content (AvgIpc) is 2.63. The zero-order chi connectivity index (χ0) is 18.0. The fourth-order valence-electron chi connectivity index (χ4n) is 2.52. The van der Waals surface area contributed by atoms with E-state index < -0.39 is 11.6 Å². The van der Waals surface area contributed by atoms with Gasteiger partial charge in [-0.3, -0.25) is 4.79 Å².